The van der Waals surface area contributed by atoms with Gasteiger partial charge >= 0.3 is 5.97 Å². The number of amides is 3. The van der Waals surface area contributed by atoms with Gasteiger partial charge in [-0.2, -0.15) is 0 Å². The number of carbonyl (C=O) groups is 4. The second-order valence-corrected chi connectivity index (χ2v) is 13.2. The molecule has 3 aromatic carbocycles. The van der Waals surface area contributed by atoms with Gasteiger partial charge in [-0.3, -0.25) is 24.5 Å². The Balaban J connectivity index is 1.29. The van der Waals surface area contributed by atoms with Crippen molar-refractivity contribution in [2.75, 3.05) is 23.5 Å². The summed E-state index contributed by atoms with van der Waals surface area (Å²) < 4.78 is 5.01. The predicted molar refractivity (Wildman–Crippen MR) is 186 cm³/mol. The van der Waals surface area contributed by atoms with Crippen LogP contribution in [0.25, 0.3) is 6.08 Å². The van der Waals surface area contributed by atoms with E-state index in [1.54, 1.807) is 60.7 Å². The van der Waals surface area contributed by atoms with Crippen molar-refractivity contribution in [2.45, 2.75) is 31.1 Å². The molecule has 0 spiro atoms. The van der Waals surface area contributed by atoms with Gasteiger partial charge in [0, 0.05) is 27.1 Å². The molecule has 5 rings (SSSR count). The number of nitro groups is 1. The first-order chi connectivity index (χ1) is 23.1. The molecule has 1 heterocycles. The minimum absolute atomic E-state index is 0.0347. The van der Waals surface area contributed by atoms with Crippen molar-refractivity contribution in [2.24, 2.45) is 5.92 Å². The van der Waals surface area contributed by atoms with E-state index in [0.717, 1.165) is 29.7 Å². The van der Waals surface area contributed by atoms with Crippen LogP contribution in [0.1, 0.15) is 50.1 Å². The summed E-state index contributed by atoms with van der Waals surface area (Å²) in [5.41, 5.74) is 1.75. The third kappa shape index (κ3) is 8.35. The molecule has 1 aromatic heterocycles. The maximum absolute atomic E-state index is 13.5. The third-order valence-electron chi connectivity index (χ3n) is 7.58. The molecule has 3 N–H and O–H groups in total. The number of carbonyl (C=O) groups excluding carboxylic acids is 4. The van der Waals surface area contributed by atoms with Crippen molar-refractivity contribution >= 4 is 69.2 Å². The van der Waals surface area contributed by atoms with Crippen LogP contribution in [0, 0.1) is 16.0 Å². The molecule has 1 atom stereocenters. The molecule has 1 unspecified atom stereocenters. The van der Waals surface area contributed by atoms with E-state index in [4.69, 9.17) is 4.74 Å². The number of thiophene rings is 1. The van der Waals surface area contributed by atoms with Crippen molar-refractivity contribution in [3.05, 3.63) is 122 Å². The first-order valence-electron chi connectivity index (χ1n) is 15.0. The molecule has 48 heavy (non-hydrogen) atoms. The van der Waals surface area contributed by atoms with Gasteiger partial charge in [-0.05, 0) is 73.2 Å². The number of ether oxygens (including phenoxy) is 1. The Labute approximate surface area is 284 Å². The standard InChI is InChI=1S/C35H32N4O7S2/c1-21-15-16-26-29(17-21)48-34(31(26)35(43)46-2)38-30(40)20-47-25-13-8-12-24(19-25)36-33(42)27(37-32(41)22-9-4-3-5-10-22)18-23-11-6-7-14-28(23)39(44)45/h3-14,18-19,21H,15-17,20H2,1-2H3,(H,36,42)(H,37,41)(H,38,40)/b27-18+. The summed E-state index contributed by atoms with van der Waals surface area (Å²) in [7, 11) is 1.33. The molecule has 3 amide bonds. The summed E-state index contributed by atoms with van der Waals surface area (Å²) in [5, 5.41) is 20.3. The van der Waals surface area contributed by atoms with E-state index in [1.165, 1.54) is 54.5 Å². The fraction of sp³-hybridized carbons (Fsp3) is 0.200. The molecule has 11 nitrogen and oxygen atoms in total. The zero-order chi connectivity index (χ0) is 34.2. The highest BCUT2D eigenvalue weighted by Gasteiger charge is 2.29. The first kappa shape index (κ1) is 34.1. The Hall–Kier alpha value is -5.27. The van der Waals surface area contributed by atoms with Gasteiger partial charge < -0.3 is 20.7 Å². The number of fused-ring (bicyclic) bond motifs is 1. The van der Waals surface area contributed by atoms with Crippen LogP contribution < -0.4 is 16.0 Å². The number of anilines is 2. The monoisotopic (exact) mass is 684 g/mol. The van der Waals surface area contributed by atoms with Gasteiger partial charge in [0.25, 0.3) is 17.5 Å². The quantitative estimate of drug-likeness (QED) is 0.0518. The van der Waals surface area contributed by atoms with Gasteiger partial charge in [0.1, 0.15) is 10.7 Å². The van der Waals surface area contributed by atoms with E-state index in [2.05, 4.69) is 22.9 Å². The van der Waals surface area contributed by atoms with Crippen LogP contribution in [0.3, 0.4) is 0 Å². The number of nitro benzene ring substituents is 1. The minimum Gasteiger partial charge on any atom is -0.465 e. The summed E-state index contributed by atoms with van der Waals surface area (Å²) in [6.45, 7) is 2.17. The minimum atomic E-state index is -0.705. The van der Waals surface area contributed by atoms with E-state index in [0.29, 0.717) is 32.6 Å². The molecular formula is C35H32N4O7S2. The van der Waals surface area contributed by atoms with Crippen molar-refractivity contribution in [3.8, 4) is 0 Å². The van der Waals surface area contributed by atoms with Crippen molar-refractivity contribution in [1.82, 2.24) is 5.32 Å². The maximum Gasteiger partial charge on any atom is 0.341 e. The summed E-state index contributed by atoms with van der Waals surface area (Å²) in [6, 6.07) is 20.9. The highest BCUT2D eigenvalue weighted by Crippen LogP contribution is 2.40. The molecule has 0 saturated carbocycles. The summed E-state index contributed by atoms with van der Waals surface area (Å²) >= 11 is 2.65. The molecule has 0 fully saturated rings. The van der Waals surface area contributed by atoms with E-state index in [9.17, 15) is 29.3 Å². The molecule has 246 valence electrons. The lowest BCUT2D eigenvalue weighted by Crippen LogP contribution is -2.30. The Bertz CT molecular complexity index is 1910. The fourth-order valence-electron chi connectivity index (χ4n) is 5.20. The van der Waals surface area contributed by atoms with Crippen molar-refractivity contribution < 1.29 is 28.8 Å². The zero-order valence-electron chi connectivity index (χ0n) is 26.1. The largest absolute Gasteiger partial charge is 0.465 e. The third-order valence-corrected chi connectivity index (χ3v) is 9.74. The molecule has 0 aliphatic heterocycles. The van der Waals surface area contributed by atoms with Gasteiger partial charge in [0.2, 0.25) is 5.91 Å². The van der Waals surface area contributed by atoms with E-state index in [1.807, 2.05) is 0 Å². The molecule has 0 radical (unpaired) electrons. The highest BCUT2D eigenvalue weighted by molar-refractivity contribution is 8.00. The van der Waals surface area contributed by atoms with Gasteiger partial charge in [0.15, 0.2) is 0 Å². The van der Waals surface area contributed by atoms with Crippen LogP contribution in [0.5, 0.6) is 0 Å². The molecule has 0 bridgehead atoms. The lowest BCUT2D eigenvalue weighted by Gasteiger charge is -2.18. The number of nitrogens with zero attached hydrogens (tertiary/aromatic N) is 1. The van der Waals surface area contributed by atoms with E-state index in [-0.39, 0.29) is 28.6 Å². The Morgan fingerprint density at radius 3 is 2.52 bits per heavy atom. The topological polar surface area (TPSA) is 157 Å². The molecule has 1 aliphatic carbocycles. The van der Waals surface area contributed by atoms with Crippen LogP contribution in [0.2, 0.25) is 0 Å². The van der Waals surface area contributed by atoms with E-state index >= 15 is 0 Å². The van der Waals surface area contributed by atoms with Crippen LogP contribution in [0.4, 0.5) is 16.4 Å². The van der Waals surface area contributed by atoms with Gasteiger partial charge in [-0.25, -0.2) is 4.79 Å². The second kappa shape index (κ2) is 15.5. The van der Waals surface area contributed by atoms with Crippen LogP contribution in [0.15, 0.2) is 89.5 Å². The predicted octanol–water partition coefficient (Wildman–Crippen LogP) is 6.71. The number of thioether (sulfide) groups is 1. The summed E-state index contributed by atoms with van der Waals surface area (Å²) in [6.07, 6.45) is 3.83. The lowest BCUT2D eigenvalue weighted by molar-refractivity contribution is -0.385. The lowest BCUT2D eigenvalue weighted by atomic mass is 9.88. The smallest absolute Gasteiger partial charge is 0.341 e. The number of benzene rings is 3. The average molecular weight is 685 g/mol. The van der Waals surface area contributed by atoms with Crippen LogP contribution >= 0.6 is 23.1 Å². The maximum atomic E-state index is 13.5. The van der Waals surface area contributed by atoms with E-state index < -0.39 is 22.7 Å². The molecule has 13 heteroatoms. The fourth-order valence-corrected chi connectivity index (χ4v) is 7.37. The molecule has 0 saturated heterocycles. The van der Waals surface area contributed by atoms with Crippen LogP contribution in [-0.2, 0) is 27.2 Å². The number of para-hydroxylation sites is 1. The SMILES string of the molecule is COC(=O)c1c(NC(=O)CSc2cccc(NC(=O)/C(=C\c3ccccc3[N+](=O)[O-])NC(=O)c3ccccc3)c2)sc2c1CCC(C)C2. The Kier molecular flexibility index (Phi) is 11.0. The zero-order valence-corrected chi connectivity index (χ0v) is 27.7. The average Bonchev–Trinajstić information content (AvgIpc) is 3.43. The number of hydrogen-bond acceptors (Lipinski definition) is 9. The van der Waals surface area contributed by atoms with Gasteiger partial charge in [-0.1, -0.05) is 43.3 Å². The second-order valence-electron chi connectivity index (χ2n) is 11.1. The van der Waals surface area contributed by atoms with Gasteiger partial charge in [-0.15, -0.1) is 23.1 Å². The Morgan fingerprint density at radius 1 is 1.02 bits per heavy atom. The molecule has 4 aromatic rings. The van der Waals surface area contributed by atoms with Crippen molar-refractivity contribution in [1.29, 1.82) is 0 Å². The highest BCUT2D eigenvalue weighted by atomic mass is 32.2. The summed E-state index contributed by atoms with van der Waals surface area (Å²) in [4.78, 5) is 64.9. The normalized spacial score (nSPS) is 14.0. The Morgan fingerprint density at radius 2 is 1.77 bits per heavy atom. The number of nitrogens with one attached hydrogen (secondary N) is 3. The number of esters is 1. The number of methoxy groups -OCH3 is 1. The van der Waals surface area contributed by atoms with Crippen LogP contribution in [-0.4, -0.2) is 41.5 Å². The van der Waals surface area contributed by atoms with Gasteiger partial charge in [0.05, 0.1) is 28.9 Å². The molecule has 1 aliphatic rings. The molecular weight excluding hydrogens is 653 g/mol. The first-order valence-corrected chi connectivity index (χ1v) is 16.8. The summed E-state index contributed by atoms with van der Waals surface area (Å²) in [5.74, 6) is -1.51. The number of rotatable bonds is 11. The number of hydrogen-bond donors (Lipinski definition) is 3. The van der Waals surface area contributed by atoms with Crippen molar-refractivity contribution in [3.63, 3.8) is 0 Å².